The van der Waals surface area contributed by atoms with Crippen LogP contribution in [0.1, 0.15) is 23.1 Å². The molecule has 2 N–H and O–H groups in total. The Labute approximate surface area is 145 Å². The number of ether oxygens (including phenoxy) is 1. The van der Waals surface area contributed by atoms with E-state index in [4.69, 9.17) is 4.74 Å². The fraction of sp³-hybridized carbons (Fsp3) is 0.263. The number of halogens is 1. The lowest BCUT2D eigenvalue weighted by Gasteiger charge is -2.10. The van der Waals surface area contributed by atoms with Gasteiger partial charge >= 0.3 is 0 Å². The van der Waals surface area contributed by atoms with Gasteiger partial charge in [-0.05, 0) is 60.2 Å². The quantitative estimate of drug-likeness (QED) is 0.818. The third-order valence-corrected chi connectivity index (χ3v) is 4.06. The molecular weight excluding hydrogens is 323 g/mol. The first kappa shape index (κ1) is 17.0. The normalized spacial score (nSPS) is 12.4. The second-order valence-corrected chi connectivity index (χ2v) is 5.97. The lowest BCUT2D eigenvalue weighted by atomic mass is 10.1. The highest BCUT2D eigenvalue weighted by Crippen LogP contribution is 2.25. The number of carbonyl (C=O) groups excluding carboxylic acids is 2. The van der Waals surface area contributed by atoms with E-state index >= 15 is 0 Å². The number of fused-ring (bicyclic) bond motifs is 1. The van der Waals surface area contributed by atoms with Crippen LogP contribution in [-0.4, -0.2) is 18.4 Å². The fourth-order valence-corrected chi connectivity index (χ4v) is 2.79. The molecule has 6 heteroatoms. The van der Waals surface area contributed by atoms with Crippen molar-refractivity contribution in [3.63, 3.8) is 0 Å². The van der Waals surface area contributed by atoms with E-state index in [1.165, 1.54) is 35.4 Å². The van der Waals surface area contributed by atoms with Crippen molar-refractivity contribution in [2.24, 2.45) is 0 Å². The zero-order valence-electron chi connectivity index (χ0n) is 13.7. The van der Waals surface area contributed by atoms with Gasteiger partial charge in [0.25, 0.3) is 5.91 Å². The maximum Gasteiger partial charge on any atom is 0.276 e. The van der Waals surface area contributed by atoms with Crippen LogP contribution in [0.25, 0.3) is 0 Å². The predicted molar refractivity (Wildman–Crippen MR) is 90.4 cm³/mol. The Hall–Kier alpha value is -2.89. The van der Waals surface area contributed by atoms with Crippen molar-refractivity contribution in [2.75, 3.05) is 6.61 Å². The number of rotatable bonds is 5. The van der Waals surface area contributed by atoms with Gasteiger partial charge in [0.15, 0.2) is 6.61 Å². The molecule has 0 atom stereocenters. The molecule has 0 spiro atoms. The molecule has 0 fully saturated rings. The first-order valence-electron chi connectivity index (χ1n) is 8.17. The molecular formula is C19H19FN2O3. The van der Waals surface area contributed by atoms with Crippen molar-refractivity contribution < 1.29 is 18.7 Å². The largest absolute Gasteiger partial charge is 0.484 e. The molecule has 0 bridgehead atoms. The van der Waals surface area contributed by atoms with Crippen LogP contribution in [0.15, 0.2) is 42.5 Å². The molecule has 2 aromatic rings. The molecule has 1 aliphatic rings. The van der Waals surface area contributed by atoms with E-state index in [0.29, 0.717) is 11.3 Å². The lowest BCUT2D eigenvalue weighted by molar-refractivity contribution is -0.129. The summed E-state index contributed by atoms with van der Waals surface area (Å²) in [5.41, 5.74) is 7.87. The number of amides is 2. The van der Waals surface area contributed by atoms with E-state index in [0.717, 1.165) is 19.3 Å². The average molecular weight is 342 g/mol. The topological polar surface area (TPSA) is 67.4 Å². The van der Waals surface area contributed by atoms with Gasteiger partial charge in [-0.15, -0.1) is 0 Å². The first-order valence-corrected chi connectivity index (χ1v) is 8.17. The molecule has 2 amide bonds. The molecule has 0 aromatic heterocycles. The highest BCUT2D eigenvalue weighted by Gasteiger charge is 2.12. The molecule has 5 nitrogen and oxygen atoms in total. The summed E-state index contributed by atoms with van der Waals surface area (Å²) in [6.45, 7) is -0.185. The Morgan fingerprint density at radius 3 is 2.48 bits per heavy atom. The first-order chi connectivity index (χ1) is 12.1. The van der Waals surface area contributed by atoms with E-state index in [1.807, 2.05) is 18.2 Å². The van der Waals surface area contributed by atoms with E-state index in [2.05, 4.69) is 10.9 Å². The number of hydrogen-bond acceptors (Lipinski definition) is 3. The Kier molecular flexibility index (Phi) is 5.28. The van der Waals surface area contributed by atoms with Crippen molar-refractivity contribution in [2.45, 2.75) is 25.7 Å². The van der Waals surface area contributed by atoms with Crippen LogP contribution in [0.2, 0.25) is 0 Å². The van der Waals surface area contributed by atoms with Crippen LogP contribution in [0, 0.1) is 5.82 Å². The highest BCUT2D eigenvalue weighted by atomic mass is 19.1. The van der Waals surface area contributed by atoms with Gasteiger partial charge in [0.2, 0.25) is 5.91 Å². The summed E-state index contributed by atoms with van der Waals surface area (Å²) in [6, 6.07) is 11.5. The SMILES string of the molecule is O=C(COc1ccc2c(c1)CCC2)NNC(=O)Cc1ccc(F)cc1. The standard InChI is InChI=1S/C19H19FN2O3/c20-16-7-4-13(5-8-16)10-18(23)21-22-19(24)12-25-17-9-6-14-2-1-3-15(14)11-17/h4-9,11H,1-3,10,12H2,(H,21,23)(H,22,24). The van der Waals surface area contributed by atoms with Crippen molar-refractivity contribution in [3.05, 3.63) is 65.0 Å². The average Bonchev–Trinajstić information content (AvgIpc) is 3.08. The second kappa shape index (κ2) is 7.79. The minimum Gasteiger partial charge on any atom is -0.484 e. The van der Waals surface area contributed by atoms with Gasteiger partial charge in [0.1, 0.15) is 11.6 Å². The molecule has 1 aliphatic carbocycles. The van der Waals surface area contributed by atoms with Crippen LogP contribution in [0.3, 0.4) is 0 Å². The molecule has 0 radical (unpaired) electrons. The summed E-state index contributed by atoms with van der Waals surface area (Å²) in [6.07, 6.45) is 3.33. The summed E-state index contributed by atoms with van der Waals surface area (Å²) in [5.74, 6) is -0.556. The van der Waals surface area contributed by atoms with Crippen LogP contribution < -0.4 is 15.6 Å². The zero-order chi connectivity index (χ0) is 17.6. The minimum absolute atomic E-state index is 0.0479. The Morgan fingerprint density at radius 2 is 1.68 bits per heavy atom. The Bertz CT molecular complexity index is 775. The molecule has 25 heavy (non-hydrogen) atoms. The molecule has 0 saturated heterocycles. The molecule has 2 aromatic carbocycles. The maximum absolute atomic E-state index is 12.8. The van der Waals surface area contributed by atoms with E-state index in [9.17, 15) is 14.0 Å². The smallest absolute Gasteiger partial charge is 0.276 e. The van der Waals surface area contributed by atoms with Gasteiger partial charge < -0.3 is 4.74 Å². The Balaban J connectivity index is 1.40. The second-order valence-electron chi connectivity index (χ2n) is 5.97. The number of nitrogens with one attached hydrogen (secondary N) is 2. The monoisotopic (exact) mass is 342 g/mol. The number of hydrogen-bond donors (Lipinski definition) is 2. The summed E-state index contributed by atoms with van der Waals surface area (Å²) in [5, 5.41) is 0. The summed E-state index contributed by atoms with van der Waals surface area (Å²) in [7, 11) is 0. The van der Waals surface area contributed by atoms with Gasteiger partial charge in [0.05, 0.1) is 6.42 Å². The van der Waals surface area contributed by atoms with E-state index < -0.39 is 11.8 Å². The van der Waals surface area contributed by atoms with Crippen LogP contribution >= 0.6 is 0 Å². The van der Waals surface area contributed by atoms with Gasteiger partial charge in [-0.2, -0.15) is 0 Å². The predicted octanol–water partition coefficient (Wildman–Crippen LogP) is 2.08. The molecule has 130 valence electrons. The van der Waals surface area contributed by atoms with Crippen LogP contribution in [0.4, 0.5) is 4.39 Å². The number of aryl methyl sites for hydroxylation is 2. The van der Waals surface area contributed by atoms with Gasteiger partial charge in [0, 0.05) is 0 Å². The van der Waals surface area contributed by atoms with Crippen molar-refractivity contribution in [1.82, 2.24) is 10.9 Å². The molecule has 0 saturated carbocycles. The molecule has 0 unspecified atom stereocenters. The maximum atomic E-state index is 12.8. The van der Waals surface area contributed by atoms with E-state index in [1.54, 1.807) is 0 Å². The fourth-order valence-electron chi connectivity index (χ4n) is 2.79. The summed E-state index contributed by atoms with van der Waals surface area (Å²) >= 11 is 0. The van der Waals surface area contributed by atoms with Crippen molar-refractivity contribution in [1.29, 1.82) is 0 Å². The number of hydrazine groups is 1. The van der Waals surface area contributed by atoms with Crippen LogP contribution in [0.5, 0.6) is 5.75 Å². The number of carbonyl (C=O) groups is 2. The van der Waals surface area contributed by atoms with Gasteiger partial charge in [-0.3, -0.25) is 20.4 Å². The van der Waals surface area contributed by atoms with Crippen molar-refractivity contribution >= 4 is 11.8 Å². The summed E-state index contributed by atoms with van der Waals surface area (Å²) < 4.78 is 18.3. The Morgan fingerprint density at radius 1 is 0.960 bits per heavy atom. The number of benzene rings is 2. The molecule has 0 aliphatic heterocycles. The van der Waals surface area contributed by atoms with Gasteiger partial charge in [-0.25, -0.2) is 4.39 Å². The van der Waals surface area contributed by atoms with Crippen LogP contribution in [-0.2, 0) is 28.9 Å². The molecule has 3 rings (SSSR count). The summed E-state index contributed by atoms with van der Waals surface area (Å²) in [4.78, 5) is 23.5. The minimum atomic E-state index is -0.451. The highest BCUT2D eigenvalue weighted by molar-refractivity contribution is 5.83. The zero-order valence-corrected chi connectivity index (χ0v) is 13.7. The third kappa shape index (κ3) is 4.79. The molecule has 0 heterocycles. The van der Waals surface area contributed by atoms with Crippen molar-refractivity contribution in [3.8, 4) is 5.75 Å². The lowest BCUT2D eigenvalue weighted by Crippen LogP contribution is -2.44. The van der Waals surface area contributed by atoms with Gasteiger partial charge in [-0.1, -0.05) is 18.2 Å². The third-order valence-electron chi connectivity index (χ3n) is 4.06. The van der Waals surface area contributed by atoms with E-state index in [-0.39, 0.29) is 18.8 Å².